The van der Waals surface area contributed by atoms with Crippen LogP contribution in [0.25, 0.3) is 5.76 Å². The summed E-state index contributed by atoms with van der Waals surface area (Å²) in [6.07, 6.45) is 4.80. The van der Waals surface area contributed by atoms with Gasteiger partial charge < -0.3 is 5.11 Å². The quantitative estimate of drug-likeness (QED) is 0.569. The summed E-state index contributed by atoms with van der Waals surface area (Å²) in [6, 6.07) is 5.85. The molecule has 2 heteroatoms. The zero-order valence-corrected chi connectivity index (χ0v) is 8.33. The van der Waals surface area contributed by atoms with Gasteiger partial charge >= 0.3 is 0 Å². The van der Waals surface area contributed by atoms with Crippen LogP contribution in [-0.2, 0) is 0 Å². The van der Waals surface area contributed by atoms with Gasteiger partial charge in [0.2, 0.25) is 0 Å². The fraction of sp³-hybridized carbons (Fsp3) is 0.333. The van der Waals surface area contributed by atoms with Gasteiger partial charge in [0.25, 0.3) is 0 Å². The summed E-state index contributed by atoms with van der Waals surface area (Å²) in [5.74, 6) is -0.0476. The third-order valence-electron chi connectivity index (χ3n) is 2.04. The highest BCUT2D eigenvalue weighted by Crippen LogP contribution is 2.13. The van der Waals surface area contributed by atoms with Crippen molar-refractivity contribution >= 4 is 5.76 Å². The van der Waals surface area contributed by atoms with Gasteiger partial charge in [0.15, 0.2) is 0 Å². The molecule has 0 aliphatic rings. The Labute approximate surface area is 83.9 Å². The van der Waals surface area contributed by atoms with Gasteiger partial charge in [-0.05, 0) is 43.2 Å². The van der Waals surface area contributed by atoms with E-state index in [9.17, 15) is 9.50 Å². The molecule has 1 rings (SSSR count). The van der Waals surface area contributed by atoms with Crippen LogP contribution in [0.2, 0.25) is 0 Å². The van der Waals surface area contributed by atoms with Crippen molar-refractivity contribution in [3.8, 4) is 0 Å². The maximum atomic E-state index is 12.6. The maximum Gasteiger partial charge on any atom is 0.123 e. The minimum Gasteiger partial charge on any atom is -0.508 e. The predicted octanol–water partition coefficient (Wildman–Crippen LogP) is 3.91. The minimum absolute atomic E-state index is 0.235. The summed E-state index contributed by atoms with van der Waals surface area (Å²) in [7, 11) is 0. The molecule has 0 saturated heterocycles. The van der Waals surface area contributed by atoms with Crippen LogP contribution in [0.5, 0.6) is 0 Å². The fourth-order valence-corrected chi connectivity index (χ4v) is 1.18. The summed E-state index contributed by atoms with van der Waals surface area (Å²) in [5, 5.41) is 9.58. The second-order valence-corrected chi connectivity index (χ2v) is 3.24. The Morgan fingerprint density at radius 1 is 1.36 bits per heavy atom. The Morgan fingerprint density at radius 2 is 2.00 bits per heavy atom. The molecule has 0 aliphatic carbocycles. The number of halogens is 1. The number of aliphatic hydroxyl groups excluding tert-OH is 1. The molecule has 0 radical (unpaired) electrons. The van der Waals surface area contributed by atoms with Gasteiger partial charge in [-0.15, -0.1) is 0 Å². The number of benzene rings is 1. The summed E-state index contributed by atoms with van der Waals surface area (Å²) in [6.45, 7) is 2.10. The van der Waals surface area contributed by atoms with Crippen molar-refractivity contribution in [2.45, 2.75) is 26.2 Å². The van der Waals surface area contributed by atoms with Gasteiger partial charge in [-0.25, -0.2) is 4.39 Å². The number of rotatable bonds is 4. The lowest BCUT2D eigenvalue weighted by molar-refractivity contribution is 0.508. The molecule has 1 aromatic carbocycles. The van der Waals surface area contributed by atoms with E-state index in [1.54, 1.807) is 18.2 Å². The van der Waals surface area contributed by atoms with Crippen LogP contribution in [0.15, 0.2) is 30.3 Å². The number of allylic oxidation sites excluding steroid dienone is 1. The van der Waals surface area contributed by atoms with Gasteiger partial charge in [0.1, 0.15) is 11.6 Å². The van der Waals surface area contributed by atoms with Crippen LogP contribution < -0.4 is 0 Å². The van der Waals surface area contributed by atoms with E-state index in [2.05, 4.69) is 6.92 Å². The molecule has 14 heavy (non-hydrogen) atoms. The lowest BCUT2D eigenvalue weighted by Crippen LogP contribution is -1.83. The molecule has 0 heterocycles. The third-order valence-corrected chi connectivity index (χ3v) is 2.04. The summed E-state index contributed by atoms with van der Waals surface area (Å²) >= 11 is 0. The zero-order valence-electron chi connectivity index (χ0n) is 8.33. The largest absolute Gasteiger partial charge is 0.508 e. The Hall–Kier alpha value is -1.31. The molecule has 76 valence electrons. The molecule has 0 aliphatic heterocycles. The molecule has 1 aromatic rings. The average molecular weight is 194 g/mol. The van der Waals surface area contributed by atoms with Crippen molar-refractivity contribution in [2.75, 3.05) is 0 Å². The van der Waals surface area contributed by atoms with E-state index in [0.717, 1.165) is 19.3 Å². The Morgan fingerprint density at radius 3 is 2.57 bits per heavy atom. The molecule has 0 aromatic heterocycles. The SMILES string of the molecule is CCCC/C=C(\O)c1ccc(F)cc1. The van der Waals surface area contributed by atoms with Gasteiger partial charge in [-0.1, -0.05) is 13.3 Å². The predicted molar refractivity (Wildman–Crippen MR) is 56.5 cm³/mol. The van der Waals surface area contributed by atoms with Gasteiger partial charge in [0, 0.05) is 5.56 Å². The van der Waals surface area contributed by atoms with Crippen molar-refractivity contribution in [2.24, 2.45) is 0 Å². The Balaban J connectivity index is 2.64. The molecular weight excluding hydrogens is 179 g/mol. The maximum absolute atomic E-state index is 12.6. The van der Waals surface area contributed by atoms with E-state index in [1.165, 1.54) is 12.1 Å². The van der Waals surface area contributed by atoms with Crippen molar-refractivity contribution in [3.63, 3.8) is 0 Å². The first-order valence-corrected chi connectivity index (χ1v) is 4.89. The molecule has 0 atom stereocenters. The monoisotopic (exact) mass is 194 g/mol. The van der Waals surface area contributed by atoms with E-state index in [1.807, 2.05) is 0 Å². The second-order valence-electron chi connectivity index (χ2n) is 3.24. The molecule has 1 nitrogen and oxygen atoms in total. The normalized spacial score (nSPS) is 11.7. The van der Waals surface area contributed by atoms with Gasteiger partial charge in [-0.3, -0.25) is 0 Å². The zero-order chi connectivity index (χ0) is 10.4. The van der Waals surface area contributed by atoms with E-state index in [0.29, 0.717) is 5.56 Å². The number of hydrogen-bond acceptors (Lipinski definition) is 1. The highest BCUT2D eigenvalue weighted by Gasteiger charge is 1.97. The second kappa shape index (κ2) is 5.43. The highest BCUT2D eigenvalue weighted by molar-refractivity contribution is 5.57. The van der Waals surface area contributed by atoms with Crippen LogP contribution in [-0.4, -0.2) is 5.11 Å². The smallest absolute Gasteiger partial charge is 0.123 e. The molecule has 0 amide bonds. The van der Waals surface area contributed by atoms with Gasteiger partial charge in [0.05, 0.1) is 0 Å². The molecule has 0 spiro atoms. The van der Waals surface area contributed by atoms with Crippen LogP contribution in [0.4, 0.5) is 4.39 Å². The summed E-state index contributed by atoms with van der Waals surface area (Å²) in [5.41, 5.74) is 0.669. The average Bonchev–Trinajstić information content (AvgIpc) is 2.19. The standard InChI is InChI=1S/C12H15FO/c1-2-3-4-5-12(14)10-6-8-11(13)9-7-10/h5-9,14H,2-4H2,1H3/b12-5-. The van der Waals surface area contributed by atoms with Crippen LogP contribution in [0.3, 0.4) is 0 Å². The summed E-state index contributed by atoms with van der Waals surface area (Å²) in [4.78, 5) is 0. The van der Waals surface area contributed by atoms with Crippen LogP contribution in [0.1, 0.15) is 31.7 Å². The fourth-order valence-electron chi connectivity index (χ4n) is 1.18. The van der Waals surface area contributed by atoms with Crippen molar-refractivity contribution in [1.82, 2.24) is 0 Å². The molecular formula is C12H15FO. The van der Waals surface area contributed by atoms with Crippen molar-refractivity contribution < 1.29 is 9.50 Å². The first-order valence-electron chi connectivity index (χ1n) is 4.89. The number of aliphatic hydroxyl groups is 1. The molecule has 0 bridgehead atoms. The number of unbranched alkanes of at least 4 members (excludes halogenated alkanes) is 2. The highest BCUT2D eigenvalue weighted by atomic mass is 19.1. The van der Waals surface area contributed by atoms with E-state index < -0.39 is 0 Å². The molecule has 1 N–H and O–H groups in total. The van der Waals surface area contributed by atoms with E-state index in [4.69, 9.17) is 0 Å². The molecule has 0 unspecified atom stereocenters. The Bertz CT molecular complexity index is 301. The Kier molecular flexibility index (Phi) is 4.17. The van der Waals surface area contributed by atoms with Crippen LogP contribution in [0, 0.1) is 5.82 Å². The van der Waals surface area contributed by atoms with Crippen LogP contribution >= 0.6 is 0 Å². The first-order chi connectivity index (χ1) is 6.74. The third kappa shape index (κ3) is 3.21. The topological polar surface area (TPSA) is 20.2 Å². The van der Waals surface area contributed by atoms with Crippen molar-refractivity contribution in [1.29, 1.82) is 0 Å². The van der Waals surface area contributed by atoms with E-state index >= 15 is 0 Å². The lowest BCUT2D eigenvalue weighted by atomic mass is 10.1. The lowest BCUT2D eigenvalue weighted by Gasteiger charge is -1.99. The summed E-state index contributed by atoms with van der Waals surface area (Å²) < 4.78 is 12.6. The first kappa shape index (κ1) is 10.8. The molecule has 0 saturated carbocycles. The number of hydrogen-bond donors (Lipinski definition) is 1. The van der Waals surface area contributed by atoms with E-state index in [-0.39, 0.29) is 11.6 Å². The minimum atomic E-state index is -0.282. The van der Waals surface area contributed by atoms with Gasteiger partial charge in [-0.2, -0.15) is 0 Å². The van der Waals surface area contributed by atoms with Crippen molar-refractivity contribution in [3.05, 3.63) is 41.7 Å². The molecule has 0 fully saturated rings.